The zero-order chi connectivity index (χ0) is 8.60. The third-order valence-electron chi connectivity index (χ3n) is 3.26. The zero-order valence-electron chi connectivity index (χ0n) is 7.68. The van der Waals surface area contributed by atoms with Gasteiger partial charge in [-0.3, -0.25) is 0 Å². The van der Waals surface area contributed by atoms with Crippen molar-refractivity contribution < 1.29 is 4.74 Å². The Labute approximate surface area is 76.8 Å². The van der Waals surface area contributed by atoms with Gasteiger partial charge in [0.05, 0.1) is 12.2 Å². The molecule has 2 aliphatic rings. The highest BCUT2D eigenvalue weighted by Gasteiger charge is 2.50. The highest BCUT2D eigenvalue weighted by atomic mass is 31.0. The van der Waals surface area contributed by atoms with Crippen LogP contribution in [0.5, 0.6) is 0 Å². The summed E-state index contributed by atoms with van der Waals surface area (Å²) in [6.07, 6.45) is 7.24. The molecule has 2 heteroatoms. The van der Waals surface area contributed by atoms with E-state index in [1.807, 2.05) is 0 Å². The zero-order valence-corrected chi connectivity index (χ0v) is 8.83. The average molecular weight is 184 g/mol. The Morgan fingerprint density at radius 2 is 2.50 bits per heavy atom. The summed E-state index contributed by atoms with van der Waals surface area (Å²) in [5.74, 6) is 0.744. The molecule has 0 aromatic heterocycles. The maximum absolute atomic E-state index is 5.54. The van der Waals surface area contributed by atoms with E-state index in [2.05, 4.69) is 22.2 Å². The van der Waals surface area contributed by atoms with Gasteiger partial charge in [-0.25, -0.2) is 0 Å². The molecular formula is C10H17OP. The molecule has 0 N–H and O–H groups in total. The first kappa shape index (κ1) is 8.72. The largest absolute Gasteiger partial charge is 0.369 e. The number of epoxide rings is 1. The summed E-state index contributed by atoms with van der Waals surface area (Å²) < 4.78 is 5.54. The van der Waals surface area contributed by atoms with Crippen molar-refractivity contribution in [3.8, 4) is 0 Å². The molecule has 3 atom stereocenters. The van der Waals surface area contributed by atoms with Gasteiger partial charge in [-0.2, -0.15) is 0 Å². The minimum absolute atomic E-state index is 0.318. The summed E-state index contributed by atoms with van der Waals surface area (Å²) in [6, 6.07) is 0. The summed E-state index contributed by atoms with van der Waals surface area (Å²) in [6.45, 7) is 3.34. The number of hydrogen-bond acceptors (Lipinski definition) is 1. The minimum atomic E-state index is 0.318. The molecule has 0 radical (unpaired) electrons. The second kappa shape index (κ2) is 3.12. The average Bonchev–Trinajstić information content (AvgIpc) is 2.80. The first-order valence-electron chi connectivity index (χ1n) is 4.79. The molecular weight excluding hydrogens is 167 g/mol. The van der Waals surface area contributed by atoms with Gasteiger partial charge in [-0.05, 0) is 31.3 Å². The fraction of sp³-hybridized carbons (Fsp3) is 0.800. The lowest BCUT2D eigenvalue weighted by molar-refractivity contribution is 0.194. The lowest BCUT2D eigenvalue weighted by Crippen LogP contribution is -2.26. The molecule has 1 aliphatic carbocycles. The minimum Gasteiger partial charge on any atom is -0.369 e. The van der Waals surface area contributed by atoms with Crippen molar-refractivity contribution in [1.29, 1.82) is 0 Å². The Bertz CT molecular complexity index is 206. The third kappa shape index (κ3) is 1.45. The molecule has 0 bridgehead atoms. The first-order valence-corrected chi connectivity index (χ1v) is 5.60. The Morgan fingerprint density at radius 3 is 3.00 bits per heavy atom. The van der Waals surface area contributed by atoms with E-state index in [9.17, 15) is 0 Å². The molecule has 1 heterocycles. The maximum Gasteiger partial charge on any atom is 0.0948 e. The van der Waals surface area contributed by atoms with Crippen molar-refractivity contribution in [1.82, 2.24) is 0 Å². The molecule has 1 aliphatic heterocycles. The summed E-state index contributed by atoms with van der Waals surface area (Å²) in [5.41, 5.74) is 1.96. The monoisotopic (exact) mass is 184 g/mol. The van der Waals surface area contributed by atoms with Crippen molar-refractivity contribution in [3.63, 3.8) is 0 Å². The quantitative estimate of drug-likeness (QED) is 0.346. The SMILES string of the molecule is CC1C/C(=C\CP)CCC12CO2. The van der Waals surface area contributed by atoms with Crippen molar-refractivity contribution in [2.24, 2.45) is 5.92 Å². The number of ether oxygens (including phenoxy) is 1. The van der Waals surface area contributed by atoms with E-state index in [1.165, 1.54) is 19.3 Å². The second-order valence-electron chi connectivity index (χ2n) is 4.06. The molecule has 2 rings (SSSR count). The van der Waals surface area contributed by atoms with Gasteiger partial charge in [0.25, 0.3) is 0 Å². The summed E-state index contributed by atoms with van der Waals surface area (Å²) in [5, 5.41) is 0. The fourth-order valence-corrected chi connectivity index (χ4v) is 2.51. The Kier molecular flexibility index (Phi) is 2.27. The van der Waals surface area contributed by atoms with Gasteiger partial charge in [0.15, 0.2) is 0 Å². The molecule has 0 aromatic rings. The van der Waals surface area contributed by atoms with Crippen molar-refractivity contribution in [2.45, 2.75) is 31.8 Å². The van der Waals surface area contributed by atoms with Crippen LogP contribution in [-0.2, 0) is 4.74 Å². The van der Waals surface area contributed by atoms with E-state index in [0.29, 0.717) is 5.60 Å². The fourth-order valence-electron chi connectivity index (χ4n) is 2.17. The summed E-state index contributed by atoms with van der Waals surface area (Å²) in [7, 11) is 2.76. The van der Waals surface area contributed by atoms with Crippen LogP contribution in [0.4, 0.5) is 0 Å². The van der Waals surface area contributed by atoms with Gasteiger partial charge in [0, 0.05) is 0 Å². The van der Waals surface area contributed by atoms with Crippen LogP contribution in [0.2, 0.25) is 0 Å². The molecule has 1 nitrogen and oxygen atoms in total. The van der Waals surface area contributed by atoms with Gasteiger partial charge in [0.1, 0.15) is 0 Å². The van der Waals surface area contributed by atoms with Crippen molar-refractivity contribution in [2.75, 3.05) is 12.8 Å². The van der Waals surface area contributed by atoms with Gasteiger partial charge < -0.3 is 4.74 Å². The standard InChI is InChI=1S/C10H17OP/c1-8-6-9(3-5-12)2-4-10(8)7-11-10/h3,8H,2,4-7,12H2,1H3/b9-3-. The second-order valence-corrected chi connectivity index (χ2v) is 4.53. The molecule has 1 saturated carbocycles. The van der Waals surface area contributed by atoms with E-state index in [1.54, 1.807) is 5.57 Å². The number of rotatable bonds is 1. The van der Waals surface area contributed by atoms with Crippen LogP contribution in [0.3, 0.4) is 0 Å². The van der Waals surface area contributed by atoms with Crippen molar-refractivity contribution in [3.05, 3.63) is 11.6 Å². The topological polar surface area (TPSA) is 12.5 Å². The predicted octanol–water partition coefficient (Wildman–Crippen LogP) is 2.38. The van der Waals surface area contributed by atoms with Gasteiger partial charge in [0.2, 0.25) is 0 Å². The van der Waals surface area contributed by atoms with E-state index >= 15 is 0 Å². The van der Waals surface area contributed by atoms with Crippen LogP contribution in [0, 0.1) is 5.92 Å². The van der Waals surface area contributed by atoms with Crippen LogP contribution in [0.25, 0.3) is 0 Å². The van der Waals surface area contributed by atoms with Crippen LogP contribution >= 0.6 is 9.24 Å². The van der Waals surface area contributed by atoms with Gasteiger partial charge in [-0.1, -0.05) is 18.6 Å². The van der Waals surface area contributed by atoms with Gasteiger partial charge >= 0.3 is 0 Å². The molecule has 12 heavy (non-hydrogen) atoms. The smallest absolute Gasteiger partial charge is 0.0948 e. The lowest BCUT2D eigenvalue weighted by atomic mass is 9.78. The Morgan fingerprint density at radius 1 is 1.75 bits per heavy atom. The predicted molar refractivity (Wildman–Crippen MR) is 54.4 cm³/mol. The highest BCUT2D eigenvalue weighted by Crippen LogP contribution is 2.47. The van der Waals surface area contributed by atoms with Crippen LogP contribution in [0.1, 0.15) is 26.2 Å². The van der Waals surface area contributed by atoms with E-state index in [0.717, 1.165) is 18.7 Å². The Balaban J connectivity index is 1.99. The normalized spacial score (nSPS) is 43.8. The van der Waals surface area contributed by atoms with Crippen LogP contribution in [-0.4, -0.2) is 18.4 Å². The van der Waals surface area contributed by atoms with Gasteiger partial charge in [-0.15, -0.1) is 9.24 Å². The first-order chi connectivity index (χ1) is 5.77. The summed E-state index contributed by atoms with van der Waals surface area (Å²) in [4.78, 5) is 0. The van der Waals surface area contributed by atoms with Crippen LogP contribution in [0.15, 0.2) is 11.6 Å². The number of allylic oxidation sites excluding steroid dienone is 2. The molecule has 3 unspecified atom stereocenters. The molecule has 1 saturated heterocycles. The third-order valence-corrected chi connectivity index (χ3v) is 3.49. The molecule has 1 spiro atoms. The molecule has 0 amide bonds. The maximum atomic E-state index is 5.54. The van der Waals surface area contributed by atoms with E-state index in [-0.39, 0.29) is 0 Å². The molecule has 68 valence electrons. The molecule has 0 aromatic carbocycles. The lowest BCUT2D eigenvalue weighted by Gasteiger charge is -2.27. The molecule has 2 fully saturated rings. The van der Waals surface area contributed by atoms with Crippen molar-refractivity contribution >= 4 is 9.24 Å². The summed E-state index contributed by atoms with van der Waals surface area (Å²) >= 11 is 0. The van der Waals surface area contributed by atoms with E-state index < -0.39 is 0 Å². The van der Waals surface area contributed by atoms with E-state index in [4.69, 9.17) is 4.74 Å². The Hall–Kier alpha value is 0.130. The number of hydrogen-bond donors (Lipinski definition) is 0. The highest BCUT2D eigenvalue weighted by molar-refractivity contribution is 7.16. The van der Waals surface area contributed by atoms with Crippen LogP contribution < -0.4 is 0 Å².